The van der Waals surface area contributed by atoms with Crippen LogP contribution in [0.15, 0.2) is 6.33 Å². The summed E-state index contributed by atoms with van der Waals surface area (Å²) < 4.78 is 0. The first-order valence-electron chi connectivity index (χ1n) is 8.65. The minimum atomic E-state index is 0.667. The molecule has 3 aliphatic rings. The van der Waals surface area contributed by atoms with Gasteiger partial charge >= 0.3 is 0 Å². The van der Waals surface area contributed by atoms with E-state index in [2.05, 4.69) is 20.2 Å². The molecule has 0 bridgehead atoms. The topological polar surface area (TPSA) is 41.1 Å². The first-order chi connectivity index (χ1) is 10.4. The molecule has 4 heteroatoms. The van der Waals surface area contributed by atoms with Crippen molar-refractivity contribution in [3.05, 3.63) is 17.6 Å². The minimum absolute atomic E-state index is 0.667. The van der Waals surface area contributed by atoms with Crippen LogP contribution in [0.5, 0.6) is 0 Å². The van der Waals surface area contributed by atoms with Crippen molar-refractivity contribution in [1.29, 1.82) is 0 Å². The van der Waals surface area contributed by atoms with Crippen molar-refractivity contribution in [3.63, 3.8) is 0 Å². The maximum absolute atomic E-state index is 4.62. The Kier molecular flexibility index (Phi) is 3.57. The number of hydrogen-bond donors (Lipinski definition) is 1. The SMILES string of the molecule is c1nc2c(c(N3CCC4(CCCCC4)CC3)n1)CNCC2. The van der Waals surface area contributed by atoms with Gasteiger partial charge in [-0.05, 0) is 31.1 Å². The van der Waals surface area contributed by atoms with Crippen molar-refractivity contribution in [2.45, 2.75) is 57.9 Å². The molecule has 4 rings (SSSR count). The van der Waals surface area contributed by atoms with Gasteiger partial charge in [0, 0.05) is 38.2 Å². The molecular formula is C17H26N4. The fraction of sp³-hybridized carbons (Fsp3) is 0.765. The van der Waals surface area contributed by atoms with Gasteiger partial charge < -0.3 is 10.2 Å². The van der Waals surface area contributed by atoms with Crippen LogP contribution in [0.2, 0.25) is 0 Å². The Morgan fingerprint density at radius 2 is 1.81 bits per heavy atom. The summed E-state index contributed by atoms with van der Waals surface area (Å²) in [6.45, 7) is 4.35. The molecule has 0 unspecified atom stereocenters. The number of fused-ring (bicyclic) bond motifs is 1. The van der Waals surface area contributed by atoms with Gasteiger partial charge in [-0.2, -0.15) is 0 Å². The molecule has 3 heterocycles. The Morgan fingerprint density at radius 3 is 2.62 bits per heavy atom. The lowest BCUT2D eigenvalue weighted by atomic mass is 9.68. The number of nitrogens with one attached hydrogen (secondary N) is 1. The molecular weight excluding hydrogens is 260 g/mol. The molecule has 1 saturated heterocycles. The van der Waals surface area contributed by atoms with E-state index in [0.29, 0.717) is 5.41 Å². The van der Waals surface area contributed by atoms with Gasteiger partial charge in [-0.25, -0.2) is 9.97 Å². The Balaban J connectivity index is 1.51. The Hall–Kier alpha value is -1.16. The van der Waals surface area contributed by atoms with Gasteiger partial charge in [0.25, 0.3) is 0 Å². The number of nitrogens with zero attached hydrogens (tertiary/aromatic N) is 3. The van der Waals surface area contributed by atoms with Crippen molar-refractivity contribution < 1.29 is 0 Å². The molecule has 4 nitrogen and oxygen atoms in total. The summed E-state index contributed by atoms with van der Waals surface area (Å²) >= 11 is 0. The van der Waals surface area contributed by atoms with E-state index in [-0.39, 0.29) is 0 Å². The van der Waals surface area contributed by atoms with Crippen LogP contribution in [0.1, 0.15) is 56.2 Å². The lowest BCUT2D eigenvalue weighted by molar-refractivity contribution is 0.144. The van der Waals surface area contributed by atoms with E-state index in [0.717, 1.165) is 19.5 Å². The fourth-order valence-electron chi connectivity index (χ4n) is 4.52. The van der Waals surface area contributed by atoms with E-state index < -0.39 is 0 Å². The Morgan fingerprint density at radius 1 is 1.00 bits per heavy atom. The van der Waals surface area contributed by atoms with Gasteiger partial charge in [0.2, 0.25) is 0 Å². The molecule has 21 heavy (non-hydrogen) atoms. The van der Waals surface area contributed by atoms with Crippen LogP contribution in [-0.4, -0.2) is 29.6 Å². The van der Waals surface area contributed by atoms with E-state index in [1.807, 2.05) is 0 Å². The molecule has 1 aromatic rings. The van der Waals surface area contributed by atoms with Crippen LogP contribution < -0.4 is 10.2 Å². The number of rotatable bonds is 1. The zero-order valence-electron chi connectivity index (χ0n) is 12.9. The third-order valence-electron chi connectivity index (χ3n) is 5.89. The highest BCUT2D eigenvalue weighted by Gasteiger charge is 2.36. The zero-order valence-corrected chi connectivity index (χ0v) is 12.9. The summed E-state index contributed by atoms with van der Waals surface area (Å²) in [6.07, 6.45) is 12.8. The lowest BCUT2D eigenvalue weighted by Crippen LogP contribution is -2.42. The van der Waals surface area contributed by atoms with Crippen LogP contribution >= 0.6 is 0 Å². The summed E-state index contributed by atoms with van der Waals surface area (Å²) in [4.78, 5) is 11.6. The number of aromatic nitrogens is 2. The zero-order chi connectivity index (χ0) is 14.1. The van der Waals surface area contributed by atoms with Crippen molar-refractivity contribution in [3.8, 4) is 0 Å². The van der Waals surface area contributed by atoms with Crippen LogP contribution in [0, 0.1) is 5.41 Å². The monoisotopic (exact) mass is 286 g/mol. The van der Waals surface area contributed by atoms with E-state index >= 15 is 0 Å². The normalized spacial score (nSPS) is 24.9. The molecule has 2 aliphatic heterocycles. The molecule has 1 spiro atoms. The fourth-order valence-corrected chi connectivity index (χ4v) is 4.52. The van der Waals surface area contributed by atoms with Gasteiger partial charge in [-0.3, -0.25) is 0 Å². The molecule has 0 aromatic carbocycles. The molecule has 0 radical (unpaired) electrons. The van der Waals surface area contributed by atoms with Gasteiger partial charge in [0.05, 0.1) is 5.69 Å². The molecule has 2 fully saturated rings. The maximum Gasteiger partial charge on any atom is 0.136 e. The standard InChI is InChI=1S/C17H26N4/c1-2-5-17(6-3-1)7-10-21(11-8-17)16-14-12-18-9-4-15(14)19-13-20-16/h13,18H,1-12H2. The van der Waals surface area contributed by atoms with Crippen molar-refractivity contribution in [2.75, 3.05) is 24.5 Å². The summed E-state index contributed by atoms with van der Waals surface area (Å²) in [7, 11) is 0. The molecule has 0 amide bonds. The van der Waals surface area contributed by atoms with Gasteiger partial charge in [0.15, 0.2) is 0 Å². The quantitative estimate of drug-likeness (QED) is 0.862. The van der Waals surface area contributed by atoms with E-state index in [4.69, 9.17) is 0 Å². The molecule has 1 aromatic heterocycles. The molecule has 1 aliphatic carbocycles. The van der Waals surface area contributed by atoms with Crippen LogP contribution in [0.4, 0.5) is 5.82 Å². The second-order valence-electron chi connectivity index (χ2n) is 7.10. The van der Waals surface area contributed by atoms with Gasteiger partial charge in [-0.1, -0.05) is 19.3 Å². The van der Waals surface area contributed by atoms with Crippen LogP contribution in [0.25, 0.3) is 0 Å². The first kappa shape index (κ1) is 13.5. The number of anilines is 1. The molecule has 1 N–H and O–H groups in total. The van der Waals surface area contributed by atoms with Gasteiger partial charge in [0.1, 0.15) is 12.1 Å². The van der Waals surface area contributed by atoms with E-state index in [9.17, 15) is 0 Å². The Labute approximate surface area is 127 Å². The smallest absolute Gasteiger partial charge is 0.136 e. The average Bonchev–Trinajstić information content (AvgIpc) is 2.56. The highest BCUT2D eigenvalue weighted by atomic mass is 15.2. The summed E-state index contributed by atoms with van der Waals surface area (Å²) in [6, 6.07) is 0. The third-order valence-corrected chi connectivity index (χ3v) is 5.89. The van der Waals surface area contributed by atoms with E-state index in [1.165, 1.54) is 75.1 Å². The first-order valence-corrected chi connectivity index (χ1v) is 8.65. The van der Waals surface area contributed by atoms with Gasteiger partial charge in [-0.15, -0.1) is 0 Å². The third kappa shape index (κ3) is 2.54. The van der Waals surface area contributed by atoms with Crippen molar-refractivity contribution in [1.82, 2.24) is 15.3 Å². The summed E-state index contributed by atoms with van der Waals surface area (Å²) in [5, 5.41) is 3.47. The van der Waals surface area contributed by atoms with E-state index in [1.54, 1.807) is 6.33 Å². The Bertz CT molecular complexity index is 498. The summed E-state index contributed by atoms with van der Waals surface area (Å²) in [5.74, 6) is 1.21. The average molecular weight is 286 g/mol. The predicted molar refractivity (Wildman–Crippen MR) is 84.4 cm³/mol. The predicted octanol–water partition coefficient (Wildman–Crippen LogP) is 2.67. The second kappa shape index (κ2) is 5.56. The number of piperidine rings is 1. The summed E-state index contributed by atoms with van der Waals surface area (Å²) in [5.41, 5.74) is 3.28. The largest absolute Gasteiger partial charge is 0.356 e. The second-order valence-corrected chi connectivity index (χ2v) is 7.10. The van der Waals surface area contributed by atoms with Crippen molar-refractivity contribution in [2.24, 2.45) is 5.41 Å². The lowest BCUT2D eigenvalue weighted by Gasteiger charge is -2.45. The highest BCUT2D eigenvalue weighted by molar-refractivity contribution is 5.49. The van der Waals surface area contributed by atoms with Crippen LogP contribution in [-0.2, 0) is 13.0 Å². The molecule has 0 atom stereocenters. The highest BCUT2D eigenvalue weighted by Crippen LogP contribution is 2.45. The minimum Gasteiger partial charge on any atom is -0.356 e. The van der Waals surface area contributed by atoms with Crippen molar-refractivity contribution >= 4 is 5.82 Å². The maximum atomic E-state index is 4.62. The molecule has 114 valence electrons. The number of hydrogen-bond acceptors (Lipinski definition) is 4. The molecule has 1 saturated carbocycles. The van der Waals surface area contributed by atoms with Crippen LogP contribution in [0.3, 0.4) is 0 Å².